The summed E-state index contributed by atoms with van der Waals surface area (Å²) in [5.41, 5.74) is 2.37. The van der Waals surface area contributed by atoms with Crippen molar-refractivity contribution < 1.29 is 0 Å². The minimum absolute atomic E-state index is 0.686. The van der Waals surface area contributed by atoms with E-state index in [1.54, 1.807) is 0 Å². The zero-order chi connectivity index (χ0) is 10.7. The van der Waals surface area contributed by atoms with Crippen LogP contribution >= 0.6 is 11.8 Å². The summed E-state index contributed by atoms with van der Waals surface area (Å²) in [5.74, 6) is 1.25. The van der Waals surface area contributed by atoms with E-state index in [2.05, 4.69) is 41.1 Å². The second-order valence-electron chi connectivity index (χ2n) is 4.27. The Balaban J connectivity index is 1.80. The second kappa shape index (κ2) is 4.99. The molecule has 0 spiro atoms. The maximum atomic E-state index is 4.29. The van der Waals surface area contributed by atoms with Gasteiger partial charge in [0.2, 0.25) is 0 Å². The average molecular weight is 222 g/mol. The second-order valence-corrected chi connectivity index (χ2v) is 5.74. The normalized spacial score (nSPS) is 25.7. The molecule has 0 saturated carbocycles. The van der Waals surface area contributed by atoms with E-state index >= 15 is 0 Å². The fourth-order valence-corrected chi connectivity index (χ4v) is 3.01. The largest absolute Gasteiger partial charge is 0.309 e. The van der Waals surface area contributed by atoms with Gasteiger partial charge in [0.1, 0.15) is 0 Å². The molecule has 2 atom stereocenters. The number of rotatable bonds is 3. The van der Waals surface area contributed by atoms with Gasteiger partial charge in [-0.25, -0.2) is 0 Å². The average Bonchev–Trinajstić information content (AvgIpc) is 2.64. The molecule has 0 amide bonds. The van der Waals surface area contributed by atoms with Crippen molar-refractivity contribution in [2.75, 3.05) is 5.75 Å². The van der Waals surface area contributed by atoms with Crippen LogP contribution in [0.25, 0.3) is 0 Å². The molecule has 3 heteroatoms. The van der Waals surface area contributed by atoms with Crippen molar-refractivity contribution in [3.63, 3.8) is 0 Å². The van der Waals surface area contributed by atoms with Gasteiger partial charge in [-0.3, -0.25) is 4.98 Å². The number of aryl methyl sites for hydroxylation is 1. The minimum Gasteiger partial charge on any atom is -0.309 e. The smallest absolute Gasteiger partial charge is 0.0372 e. The number of nitrogens with zero attached hydrogens (tertiary/aromatic N) is 1. The lowest BCUT2D eigenvalue weighted by atomic mass is 10.2. The Hall–Kier alpha value is -0.540. The van der Waals surface area contributed by atoms with Gasteiger partial charge in [0, 0.05) is 35.5 Å². The third-order valence-electron chi connectivity index (χ3n) is 2.77. The standard InChI is InChI=1S/C12H18N2S/c1-9-3-4-11(6-13-9)7-14-12-5-10(2)15-8-12/h3-4,6,10,12,14H,5,7-8H2,1-2H3. The molecule has 0 aliphatic carbocycles. The molecule has 0 aromatic carbocycles. The third-order valence-corrected chi connectivity index (χ3v) is 4.12. The Morgan fingerprint density at radius 1 is 1.53 bits per heavy atom. The van der Waals surface area contributed by atoms with Gasteiger partial charge < -0.3 is 5.32 Å². The minimum atomic E-state index is 0.686. The van der Waals surface area contributed by atoms with Gasteiger partial charge in [0.05, 0.1) is 0 Å². The van der Waals surface area contributed by atoms with E-state index in [9.17, 15) is 0 Å². The first-order valence-corrected chi connectivity index (χ1v) is 6.55. The van der Waals surface area contributed by atoms with Crippen LogP contribution in [0, 0.1) is 6.92 Å². The Morgan fingerprint density at radius 2 is 2.40 bits per heavy atom. The highest BCUT2D eigenvalue weighted by Crippen LogP contribution is 2.25. The summed E-state index contributed by atoms with van der Waals surface area (Å²) in [6.07, 6.45) is 3.26. The molecule has 1 aliphatic heterocycles. The van der Waals surface area contributed by atoms with Gasteiger partial charge in [0.15, 0.2) is 0 Å². The van der Waals surface area contributed by atoms with E-state index in [1.165, 1.54) is 17.7 Å². The molecule has 0 radical (unpaired) electrons. The predicted octanol–water partition coefficient (Wildman–Crippen LogP) is 2.37. The molecule has 1 saturated heterocycles. The number of nitrogens with one attached hydrogen (secondary N) is 1. The summed E-state index contributed by atoms with van der Waals surface area (Å²) >= 11 is 2.06. The molecule has 15 heavy (non-hydrogen) atoms. The van der Waals surface area contributed by atoms with Crippen LogP contribution in [0.1, 0.15) is 24.6 Å². The molecule has 1 N–H and O–H groups in total. The highest BCUT2D eigenvalue weighted by molar-refractivity contribution is 8.00. The fourth-order valence-electron chi connectivity index (χ4n) is 1.82. The van der Waals surface area contributed by atoms with Crippen molar-refractivity contribution in [3.8, 4) is 0 Å². The van der Waals surface area contributed by atoms with E-state index < -0.39 is 0 Å². The molecular weight excluding hydrogens is 204 g/mol. The first-order valence-electron chi connectivity index (χ1n) is 5.50. The highest BCUT2D eigenvalue weighted by Gasteiger charge is 2.20. The van der Waals surface area contributed by atoms with Crippen LogP contribution in [-0.4, -0.2) is 22.0 Å². The van der Waals surface area contributed by atoms with Crippen LogP contribution in [0.2, 0.25) is 0 Å². The van der Waals surface area contributed by atoms with Crippen molar-refractivity contribution in [1.29, 1.82) is 0 Å². The summed E-state index contributed by atoms with van der Waals surface area (Å²) < 4.78 is 0. The number of hydrogen-bond donors (Lipinski definition) is 1. The maximum absolute atomic E-state index is 4.29. The molecule has 2 nitrogen and oxygen atoms in total. The third kappa shape index (κ3) is 3.21. The molecule has 0 bridgehead atoms. The lowest BCUT2D eigenvalue weighted by Crippen LogP contribution is -2.28. The first-order chi connectivity index (χ1) is 7.24. The van der Waals surface area contributed by atoms with Gasteiger partial charge in [-0.2, -0.15) is 11.8 Å². The van der Waals surface area contributed by atoms with Gasteiger partial charge in [-0.15, -0.1) is 0 Å². The summed E-state index contributed by atoms with van der Waals surface area (Å²) in [6, 6.07) is 4.91. The molecule has 1 fully saturated rings. The Labute approximate surface area is 95.9 Å². The van der Waals surface area contributed by atoms with Crippen molar-refractivity contribution in [3.05, 3.63) is 29.6 Å². The van der Waals surface area contributed by atoms with E-state index in [1.807, 2.05) is 13.1 Å². The first kappa shape index (κ1) is 11.0. The van der Waals surface area contributed by atoms with Gasteiger partial charge in [-0.1, -0.05) is 13.0 Å². The molecular formula is C12H18N2S. The SMILES string of the molecule is Cc1ccc(CNC2CSC(C)C2)cn1. The lowest BCUT2D eigenvalue weighted by Gasteiger charge is -2.11. The van der Waals surface area contributed by atoms with Crippen LogP contribution < -0.4 is 5.32 Å². The van der Waals surface area contributed by atoms with Crippen molar-refractivity contribution >= 4 is 11.8 Å². The van der Waals surface area contributed by atoms with Crippen molar-refractivity contribution in [2.45, 2.75) is 38.1 Å². The number of hydrogen-bond acceptors (Lipinski definition) is 3. The van der Waals surface area contributed by atoms with Crippen molar-refractivity contribution in [1.82, 2.24) is 10.3 Å². The summed E-state index contributed by atoms with van der Waals surface area (Å²) in [5, 5.41) is 4.41. The molecule has 2 rings (SSSR count). The molecule has 2 heterocycles. The fraction of sp³-hybridized carbons (Fsp3) is 0.583. The van der Waals surface area contributed by atoms with Crippen LogP contribution in [0.3, 0.4) is 0 Å². The number of pyridine rings is 1. The zero-order valence-corrected chi connectivity index (χ0v) is 10.2. The van der Waals surface area contributed by atoms with E-state index in [-0.39, 0.29) is 0 Å². The van der Waals surface area contributed by atoms with Gasteiger partial charge in [0.25, 0.3) is 0 Å². The molecule has 1 aromatic rings. The summed E-state index contributed by atoms with van der Waals surface area (Å²) in [4.78, 5) is 4.29. The predicted molar refractivity (Wildman–Crippen MR) is 66.1 cm³/mol. The maximum Gasteiger partial charge on any atom is 0.0372 e. The molecule has 82 valence electrons. The Bertz CT molecular complexity index is 310. The zero-order valence-electron chi connectivity index (χ0n) is 9.36. The van der Waals surface area contributed by atoms with Gasteiger partial charge in [-0.05, 0) is 25.0 Å². The lowest BCUT2D eigenvalue weighted by molar-refractivity contribution is 0.538. The summed E-state index contributed by atoms with van der Waals surface area (Å²) in [6.45, 7) is 5.28. The monoisotopic (exact) mass is 222 g/mol. The van der Waals surface area contributed by atoms with Crippen LogP contribution in [0.4, 0.5) is 0 Å². The quantitative estimate of drug-likeness (QED) is 0.850. The highest BCUT2D eigenvalue weighted by atomic mass is 32.2. The van der Waals surface area contributed by atoms with Gasteiger partial charge >= 0.3 is 0 Å². The topological polar surface area (TPSA) is 24.9 Å². The Morgan fingerprint density at radius 3 is 3.00 bits per heavy atom. The molecule has 1 aromatic heterocycles. The number of aromatic nitrogens is 1. The molecule has 2 unspecified atom stereocenters. The van der Waals surface area contributed by atoms with Crippen LogP contribution in [-0.2, 0) is 6.54 Å². The molecule has 1 aliphatic rings. The van der Waals surface area contributed by atoms with E-state index in [0.29, 0.717) is 6.04 Å². The Kier molecular flexibility index (Phi) is 3.65. The number of thioether (sulfide) groups is 1. The van der Waals surface area contributed by atoms with Crippen molar-refractivity contribution in [2.24, 2.45) is 0 Å². The van der Waals surface area contributed by atoms with Crippen LogP contribution in [0.5, 0.6) is 0 Å². The van der Waals surface area contributed by atoms with E-state index in [4.69, 9.17) is 0 Å². The van der Waals surface area contributed by atoms with E-state index in [0.717, 1.165) is 17.5 Å². The van der Waals surface area contributed by atoms with Crippen LogP contribution in [0.15, 0.2) is 18.3 Å². The summed E-state index contributed by atoms with van der Waals surface area (Å²) in [7, 11) is 0.